The van der Waals surface area contributed by atoms with E-state index < -0.39 is 16.8 Å². The standard InChI is InChI=1S/C22H19N3O7S/c1-3-30-16-7-5-6-13-10-17(32-20(13)16)21(27)23-22-24(12-19(26)31-4-2)15-11-14(25(28)29)8-9-18(15)33-22/h5-11H,3-4,12H2,1-2H3. The van der Waals surface area contributed by atoms with Gasteiger partial charge in [0, 0.05) is 17.5 Å². The summed E-state index contributed by atoms with van der Waals surface area (Å²) in [7, 11) is 0. The van der Waals surface area contributed by atoms with Crippen LogP contribution in [0, 0.1) is 10.1 Å². The van der Waals surface area contributed by atoms with Gasteiger partial charge in [0.1, 0.15) is 6.54 Å². The van der Waals surface area contributed by atoms with Crippen molar-refractivity contribution in [2.45, 2.75) is 20.4 Å². The third-order valence-electron chi connectivity index (χ3n) is 4.68. The molecule has 0 aliphatic rings. The summed E-state index contributed by atoms with van der Waals surface area (Å²) in [4.78, 5) is 40.1. The van der Waals surface area contributed by atoms with E-state index in [1.165, 1.54) is 16.7 Å². The number of ether oxygens (including phenoxy) is 2. The molecule has 0 saturated heterocycles. The van der Waals surface area contributed by atoms with E-state index in [0.29, 0.717) is 33.5 Å². The predicted molar refractivity (Wildman–Crippen MR) is 120 cm³/mol. The van der Waals surface area contributed by atoms with Crippen LogP contribution in [0.25, 0.3) is 21.2 Å². The molecule has 1 amide bonds. The van der Waals surface area contributed by atoms with Crippen molar-refractivity contribution in [3.63, 3.8) is 0 Å². The van der Waals surface area contributed by atoms with E-state index >= 15 is 0 Å². The first kappa shape index (κ1) is 22.2. The van der Waals surface area contributed by atoms with Gasteiger partial charge in [-0.25, -0.2) is 0 Å². The molecule has 33 heavy (non-hydrogen) atoms. The normalized spacial score (nSPS) is 11.8. The minimum absolute atomic E-state index is 0.00303. The number of non-ortho nitro benzene ring substituents is 1. The Hall–Kier alpha value is -3.99. The summed E-state index contributed by atoms with van der Waals surface area (Å²) in [6.07, 6.45) is 0. The minimum Gasteiger partial charge on any atom is -0.490 e. The first-order valence-corrected chi connectivity index (χ1v) is 10.9. The van der Waals surface area contributed by atoms with Gasteiger partial charge in [-0.1, -0.05) is 23.5 Å². The summed E-state index contributed by atoms with van der Waals surface area (Å²) in [6, 6.07) is 11.1. The lowest BCUT2D eigenvalue weighted by atomic mass is 10.2. The van der Waals surface area contributed by atoms with Crippen molar-refractivity contribution in [2.75, 3.05) is 13.2 Å². The first-order chi connectivity index (χ1) is 15.9. The van der Waals surface area contributed by atoms with E-state index in [-0.39, 0.29) is 29.4 Å². The van der Waals surface area contributed by atoms with Crippen molar-refractivity contribution < 1.29 is 28.4 Å². The van der Waals surface area contributed by atoms with Crippen LogP contribution in [0.3, 0.4) is 0 Å². The maximum Gasteiger partial charge on any atom is 0.326 e. The van der Waals surface area contributed by atoms with Crippen LogP contribution < -0.4 is 9.54 Å². The number of hydrogen-bond donors (Lipinski definition) is 0. The van der Waals surface area contributed by atoms with Gasteiger partial charge in [-0.05, 0) is 32.0 Å². The molecule has 2 aromatic heterocycles. The highest BCUT2D eigenvalue weighted by molar-refractivity contribution is 7.16. The second-order valence-corrected chi connectivity index (χ2v) is 7.83. The number of furan rings is 1. The molecule has 0 atom stereocenters. The van der Waals surface area contributed by atoms with Crippen LogP contribution in [0.4, 0.5) is 5.69 Å². The van der Waals surface area contributed by atoms with E-state index in [9.17, 15) is 19.7 Å². The molecule has 11 heteroatoms. The van der Waals surface area contributed by atoms with Crippen molar-refractivity contribution >= 4 is 50.1 Å². The Morgan fingerprint density at radius 3 is 2.73 bits per heavy atom. The summed E-state index contributed by atoms with van der Waals surface area (Å²) in [5.74, 6) is -0.695. The number of amides is 1. The number of hydrogen-bond acceptors (Lipinski definition) is 8. The third kappa shape index (κ3) is 4.48. The largest absolute Gasteiger partial charge is 0.490 e. The molecular formula is C22H19N3O7S. The van der Waals surface area contributed by atoms with Gasteiger partial charge < -0.3 is 18.5 Å². The minimum atomic E-state index is -0.660. The molecule has 0 saturated carbocycles. The quantitative estimate of drug-likeness (QED) is 0.227. The number of aromatic nitrogens is 1. The number of carbonyl (C=O) groups excluding carboxylic acids is 2. The van der Waals surface area contributed by atoms with E-state index in [0.717, 1.165) is 11.3 Å². The van der Waals surface area contributed by atoms with Gasteiger partial charge in [0.15, 0.2) is 21.9 Å². The van der Waals surface area contributed by atoms with Gasteiger partial charge >= 0.3 is 11.9 Å². The number of fused-ring (bicyclic) bond motifs is 2. The SMILES string of the molecule is CCOC(=O)Cn1c(=NC(=O)c2cc3cccc(OCC)c3o2)sc2ccc([N+](=O)[O-])cc21. The maximum atomic E-state index is 12.9. The fourth-order valence-corrected chi connectivity index (χ4v) is 4.31. The Kier molecular flexibility index (Phi) is 6.22. The van der Waals surface area contributed by atoms with Crippen molar-refractivity contribution in [2.24, 2.45) is 4.99 Å². The second-order valence-electron chi connectivity index (χ2n) is 6.82. The number of nitro groups is 1. The van der Waals surface area contributed by atoms with Crippen LogP contribution in [-0.2, 0) is 16.1 Å². The van der Waals surface area contributed by atoms with Gasteiger partial charge in [-0.3, -0.25) is 19.7 Å². The molecule has 0 aliphatic carbocycles. The number of para-hydroxylation sites is 1. The van der Waals surface area contributed by atoms with Crippen molar-refractivity contribution in [3.05, 3.63) is 63.1 Å². The van der Waals surface area contributed by atoms with Crippen LogP contribution in [0.1, 0.15) is 24.4 Å². The lowest BCUT2D eigenvalue weighted by Crippen LogP contribution is -2.23. The number of nitrogens with zero attached hydrogens (tertiary/aromatic N) is 3. The maximum absolute atomic E-state index is 12.9. The lowest BCUT2D eigenvalue weighted by molar-refractivity contribution is -0.384. The summed E-state index contributed by atoms with van der Waals surface area (Å²) in [6.45, 7) is 3.88. The van der Waals surface area contributed by atoms with E-state index in [2.05, 4.69) is 4.99 Å². The zero-order valence-corrected chi connectivity index (χ0v) is 18.6. The summed E-state index contributed by atoms with van der Waals surface area (Å²) in [5.41, 5.74) is 0.692. The molecule has 2 aromatic carbocycles. The number of carbonyl (C=O) groups is 2. The van der Waals surface area contributed by atoms with Crippen molar-refractivity contribution in [1.82, 2.24) is 4.57 Å². The zero-order valence-electron chi connectivity index (χ0n) is 17.8. The zero-order chi connectivity index (χ0) is 23.5. The number of thiazole rings is 1. The van der Waals surface area contributed by atoms with Gasteiger partial charge in [0.25, 0.3) is 5.69 Å². The van der Waals surface area contributed by atoms with Crippen LogP contribution in [0.5, 0.6) is 5.75 Å². The van der Waals surface area contributed by atoms with Crippen molar-refractivity contribution in [3.8, 4) is 5.75 Å². The molecule has 0 N–H and O–H groups in total. The highest BCUT2D eigenvalue weighted by Crippen LogP contribution is 2.29. The van der Waals surface area contributed by atoms with Crippen LogP contribution in [0.2, 0.25) is 0 Å². The Balaban J connectivity index is 1.82. The molecule has 4 rings (SSSR count). The first-order valence-electron chi connectivity index (χ1n) is 10.1. The second kappa shape index (κ2) is 9.25. The van der Waals surface area contributed by atoms with Crippen LogP contribution in [0.15, 0.2) is 51.9 Å². The van der Waals surface area contributed by atoms with E-state index in [1.807, 2.05) is 6.92 Å². The van der Waals surface area contributed by atoms with Crippen LogP contribution >= 0.6 is 11.3 Å². The number of esters is 1. The number of nitro benzene ring substituents is 1. The molecule has 4 aromatic rings. The van der Waals surface area contributed by atoms with Gasteiger partial charge in [0.05, 0.1) is 28.4 Å². The molecule has 0 radical (unpaired) electrons. The smallest absolute Gasteiger partial charge is 0.326 e. The molecule has 2 heterocycles. The fraction of sp³-hybridized carbons (Fsp3) is 0.227. The molecule has 0 spiro atoms. The third-order valence-corrected chi connectivity index (χ3v) is 5.74. The van der Waals surface area contributed by atoms with E-state index in [1.54, 1.807) is 37.3 Å². The molecular weight excluding hydrogens is 450 g/mol. The lowest BCUT2D eigenvalue weighted by Gasteiger charge is -2.05. The van der Waals surface area contributed by atoms with E-state index in [4.69, 9.17) is 13.9 Å². The van der Waals surface area contributed by atoms with Gasteiger partial charge in [0.2, 0.25) is 0 Å². The monoisotopic (exact) mass is 469 g/mol. The summed E-state index contributed by atoms with van der Waals surface area (Å²) >= 11 is 1.12. The average molecular weight is 469 g/mol. The Labute approximate surface area is 190 Å². The molecule has 0 bridgehead atoms. The summed E-state index contributed by atoms with van der Waals surface area (Å²) in [5, 5.41) is 11.9. The van der Waals surface area contributed by atoms with Gasteiger partial charge in [-0.15, -0.1) is 0 Å². The average Bonchev–Trinajstić information content (AvgIpc) is 3.36. The molecule has 0 fully saturated rings. The Morgan fingerprint density at radius 2 is 2.00 bits per heavy atom. The Bertz CT molecular complexity index is 1450. The number of rotatable bonds is 7. The number of benzene rings is 2. The highest BCUT2D eigenvalue weighted by Gasteiger charge is 2.18. The highest BCUT2D eigenvalue weighted by atomic mass is 32.1. The molecule has 0 aliphatic heterocycles. The Morgan fingerprint density at radius 1 is 1.18 bits per heavy atom. The van der Waals surface area contributed by atoms with Crippen LogP contribution in [-0.4, -0.2) is 34.6 Å². The van der Waals surface area contributed by atoms with Gasteiger partial charge in [-0.2, -0.15) is 4.99 Å². The molecule has 0 unspecified atom stereocenters. The topological polar surface area (TPSA) is 126 Å². The molecule has 10 nitrogen and oxygen atoms in total. The summed E-state index contributed by atoms with van der Waals surface area (Å²) < 4.78 is 18.3. The molecule has 170 valence electrons. The van der Waals surface area contributed by atoms with Crippen molar-refractivity contribution in [1.29, 1.82) is 0 Å². The predicted octanol–water partition coefficient (Wildman–Crippen LogP) is 4.06. The fourth-order valence-electron chi connectivity index (χ4n) is 3.30.